The van der Waals surface area contributed by atoms with Crippen LogP contribution < -0.4 is 10.0 Å². The summed E-state index contributed by atoms with van der Waals surface area (Å²) >= 11 is 2.01. The second kappa shape index (κ2) is 10.6. The van der Waals surface area contributed by atoms with E-state index in [0.29, 0.717) is 18.3 Å². The summed E-state index contributed by atoms with van der Waals surface area (Å²) in [6.07, 6.45) is 4.45. The molecule has 2 rings (SSSR count). The summed E-state index contributed by atoms with van der Waals surface area (Å²) < 4.78 is 28.6. The van der Waals surface area contributed by atoms with Crippen molar-refractivity contribution in [1.82, 2.24) is 19.5 Å². The number of thioether (sulfide) groups is 1. The highest BCUT2D eigenvalue weighted by Crippen LogP contribution is 2.20. The molecule has 0 radical (unpaired) electrons. The van der Waals surface area contributed by atoms with Crippen LogP contribution in [0.25, 0.3) is 0 Å². The van der Waals surface area contributed by atoms with Crippen molar-refractivity contribution in [3.05, 3.63) is 18.5 Å². The van der Waals surface area contributed by atoms with E-state index in [9.17, 15) is 8.42 Å². The molecule has 10 heteroatoms. The van der Waals surface area contributed by atoms with Gasteiger partial charge >= 0.3 is 0 Å². The smallest absolute Gasteiger partial charge is 0.242 e. The average molecular weight is 501 g/mol. The van der Waals surface area contributed by atoms with Gasteiger partial charge in [-0.25, -0.2) is 13.1 Å². The molecule has 0 amide bonds. The fourth-order valence-electron chi connectivity index (χ4n) is 2.57. The van der Waals surface area contributed by atoms with Gasteiger partial charge in [-0.05, 0) is 12.5 Å². The Hall–Kier alpha value is -0.460. The van der Waals surface area contributed by atoms with Gasteiger partial charge in [-0.2, -0.15) is 11.8 Å². The largest absolute Gasteiger partial charge is 0.356 e. The van der Waals surface area contributed by atoms with Crippen molar-refractivity contribution < 1.29 is 8.42 Å². The van der Waals surface area contributed by atoms with E-state index >= 15 is 0 Å². The molecule has 144 valence electrons. The summed E-state index contributed by atoms with van der Waals surface area (Å²) in [5, 5.41) is 3.88. The van der Waals surface area contributed by atoms with Crippen LogP contribution in [0.4, 0.5) is 0 Å². The van der Waals surface area contributed by atoms with Crippen LogP contribution in [0.1, 0.15) is 13.3 Å². The molecule has 2 N–H and O–H groups in total. The third kappa shape index (κ3) is 6.65. The van der Waals surface area contributed by atoms with E-state index in [1.54, 1.807) is 37.1 Å². The third-order valence-electron chi connectivity index (χ3n) is 3.92. The van der Waals surface area contributed by atoms with Crippen LogP contribution in [0.5, 0.6) is 0 Å². The van der Waals surface area contributed by atoms with Gasteiger partial charge < -0.3 is 14.8 Å². The van der Waals surface area contributed by atoms with Crippen molar-refractivity contribution in [1.29, 1.82) is 0 Å². The first-order valence-corrected chi connectivity index (χ1v) is 10.7. The highest BCUT2D eigenvalue weighted by molar-refractivity contribution is 14.0. The standard InChI is InChI=1S/C15H27N5O2S2.HI/c1-4-13-11-20(9-10-23-13)15(16-2)17-6-7-18-24(21,22)14-5-8-19(3)12-14;/h5,8,12-13,18H,4,6-7,9-11H2,1-3H3,(H,16,17);1H. The SMILES string of the molecule is CCC1CN(C(=NC)NCCNS(=O)(=O)c2ccn(C)c2)CCS1.I. The molecule has 1 aromatic heterocycles. The van der Waals surface area contributed by atoms with Crippen molar-refractivity contribution in [2.45, 2.75) is 23.5 Å². The van der Waals surface area contributed by atoms with E-state index < -0.39 is 10.0 Å². The lowest BCUT2D eigenvalue weighted by Gasteiger charge is -2.34. The number of hydrogen-bond donors (Lipinski definition) is 2. The Morgan fingerprint density at radius 3 is 2.80 bits per heavy atom. The number of guanidine groups is 1. The maximum absolute atomic E-state index is 12.1. The van der Waals surface area contributed by atoms with Crippen molar-refractivity contribution >= 4 is 51.7 Å². The van der Waals surface area contributed by atoms with Gasteiger partial charge in [0.25, 0.3) is 0 Å². The normalized spacial score (nSPS) is 18.8. The Kier molecular flexibility index (Phi) is 9.60. The van der Waals surface area contributed by atoms with Crippen LogP contribution >= 0.6 is 35.7 Å². The summed E-state index contributed by atoms with van der Waals surface area (Å²) in [5.41, 5.74) is 0. The Labute approximate surface area is 172 Å². The quantitative estimate of drug-likeness (QED) is 0.266. The first-order chi connectivity index (χ1) is 11.5. The van der Waals surface area contributed by atoms with E-state index in [2.05, 4.69) is 26.9 Å². The highest BCUT2D eigenvalue weighted by atomic mass is 127. The lowest BCUT2D eigenvalue weighted by atomic mass is 10.3. The van der Waals surface area contributed by atoms with Crippen LogP contribution in [0.3, 0.4) is 0 Å². The fourth-order valence-corrected chi connectivity index (χ4v) is 4.83. The van der Waals surface area contributed by atoms with E-state index in [4.69, 9.17) is 0 Å². The predicted octanol–water partition coefficient (Wildman–Crippen LogP) is 1.32. The van der Waals surface area contributed by atoms with Gasteiger partial charge in [0.15, 0.2) is 5.96 Å². The van der Waals surface area contributed by atoms with E-state index in [-0.39, 0.29) is 28.9 Å². The Balaban J connectivity index is 0.00000312. The second-order valence-electron chi connectivity index (χ2n) is 5.73. The molecule has 0 aromatic carbocycles. The molecule has 1 fully saturated rings. The summed E-state index contributed by atoms with van der Waals surface area (Å²) in [4.78, 5) is 6.85. The zero-order valence-corrected chi connectivity index (χ0v) is 18.9. The number of nitrogens with zero attached hydrogens (tertiary/aromatic N) is 3. The summed E-state index contributed by atoms with van der Waals surface area (Å²) in [5.74, 6) is 1.94. The minimum atomic E-state index is -3.45. The van der Waals surface area contributed by atoms with E-state index in [1.165, 1.54) is 0 Å². The van der Waals surface area contributed by atoms with Crippen LogP contribution in [0, 0.1) is 0 Å². The molecule has 1 atom stereocenters. The molecule has 1 aliphatic rings. The van der Waals surface area contributed by atoms with Crippen LogP contribution in [-0.2, 0) is 17.1 Å². The molecule has 1 aliphatic heterocycles. The lowest BCUT2D eigenvalue weighted by molar-refractivity contribution is 0.408. The van der Waals surface area contributed by atoms with Crippen molar-refractivity contribution in [3.8, 4) is 0 Å². The van der Waals surface area contributed by atoms with Crippen molar-refractivity contribution in [2.24, 2.45) is 12.0 Å². The topological polar surface area (TPSA) is 78.7 Å². The Morgan fingerprint density at radius 1 is 1.44 bits per heavy atom. The van der Waals surface area contributed by atoms with Crippen LogP contribution in [-0.4, -0.2) is 68.1 Å². The minimum Gasteiger partial charge on any atom is -0.356 e. The number of rotatable bonds is 6. The van der Waals surface area contributed by atoms with E-state index in [0.717, 1.165) is 31.2 Å². The van der Waals surface area contributed by atoms with Gasteiger partial charge in [0.1, 0.15) is 0 Å². The third-order valence-corrected chi connectivity index (χ3v) is 6.74. The molecule has 7 nitrogen and oxygen atoms in total. The number of aromatic nitrogens is 1. The fraction of sp³-hybridized carbons (Fsp3) is 0.667. The zero-order valence-electron chi connectivity index (χ0n) is 14.9. The molecule has 1 aromatic rings. The Morgan fingerprint density at radius 2 is 2.20 bits per heavy atom. The number of sulfonamides is 1. The van der Waals surface area contributed by atoms with Gasteiger partial charge in [-0.15, -0.1) is 24.0 Å². The van der Waals surface area contributed by atoms with Gasteiger partial charge in [0.2, 0.25) is 10.0 Å². The second-order valence-corrected chi connectivity index (χ2v) is 8.91. The molecule has 0 saturated carbocycles. The van der Waals surface area contributed by atoms with E-state index in [1.807, 2.05) is 11.8 Å². The number of hydrogen-bond acceptors (Lipinski definition) is 4. The molecule has 0 bridgehead atoms. The van der Waals surface area contributed by atoms with Crippen LogP contribution in [0.15, 0.2) is 28.3 Å². The summed E-state index contributed by atoms with van der Waals surface area (Å²) in [6, 6.07) is 1.59. The molecule has 1 saturated heterocycles. The number of nitrogens with one attached hydrogen (secondary N) is 2. The molecular weight excluding hydrogens is 473 g/mol. The zero-order chi connectivity index (χ0) is 17.6. The first kappa shape index (κ1) is 22.6. The highest BCUT2D eigenvalue weighted by Gasteiger charge is 2.21. The maximum Gasteiger partial charge on any atom is 0.242 e. The number of aliphatic imine (C=N–C) groups is 1. The van der Waals surface area contributed by atoms with Gasteiger partial charge in [0.05, 0.1) is 4.90 Å². The van der Waals surface area contributed by atoms with Gasteiger partial charge in [-0.1, -0.05) is 6.92 Å². The molecule has 1 unspecified atom stereocenters. The molecule has 0 spiro atoms. The van der Waals surface area contributed by atoms with Gasteiger partial charge in [-0.3, -0.25) is 4.99 Å². The molecule has 25 heavy (non-hydrogen) atoms. The number of halogens is 1. The molecule has 2 heterocycles. The maximum atomic E-state index is 12.1. The van der Waals surface area contributed by atoms with Crippen molar-refractivity contribution in [2.75, 3.05) is 39.0 Å². The minimum absolute atomic E-state index is 0. The first-order valence-electron chi connectivity index (χ1n) is 8.15. The van der Waals surface area contributed by atoms with Gasteiger partial charge in [0, 0.05) is 63.7 Å². The average Bonchev–Trinajstić information content (AvgIpc) is 3.02. The van der Waals surface area contributed by atoms with Crippen LogP contribution in [0.2, 0.25) is 0 Å². The summed E-state index contributed by atoms with van der Waals surface area (Å²) in [7, 11) is 0.110. The summed E-state index contributed by atoms with van der Waals surface area (Å²) in [6.45, 7) is 4.97. The van der Waals surface area contributed by atoms with Crippen molar-refractivity contribution in [3.63, 3.8) is 0 Å². The Bertz CT molecular complexity index is 663. The number of aryl methyl sites for hydroxylation is 1. The molecule has 0 aliphatic carbocycles. The monoisotopic (exact) mass is 501 g/mol. The lowest BCUT2D eigenvalue weighted by Crippen LogP contribution is -2.49. The predicted molar refractivity (Wildman–Crippen MR) is 115 cm³/mol. The molecular formula is C15H28IN5O2S2.